The van der Waals surface area contributed by atoms with Gasteiger partial charge in [-0.15, -0.1) is 0 Å². The zero-order valence-electron chi connectivity index (χ0n) is 12.1. The van der Waals surface area contributed by atoms with Crippen molar-refractivity contribution in [1.82, 2.24) is 0 Å². The van der Waals surface area contributed by atoms with Crippen molar-refractivity contribution in [2.75, 3.05) is 17.7 Å². The number of hydrogen-bond acceptors (Lipinski definition) is 3. The highest BCUT2D eigenvalue weighted by molar-refractivity contribution is 14.1. The molecule has 0 radical (unpaired) electrons. The van der Waals surface area contributed by atoms with Crippen molar-refractivity contribution in [3.8, 4) is 5.75 Å². The van der Waals surface area contributed by atoms with E-state index in [0.29, 0.717) is 22.7 Å². The van der Waals surface area contributed by atoms with Crippen LogP contribution in [-0.4, -0.2) is 18.9 Å². The maximum Gasteiger partial charge on any atom is 0.255 e. The number of hydrogen-bond donors (Lipinski definition) is 2. The van der Waals surface area contributed by atoms with E-state index in [4.69, 9.17) is 4.74 Å². The van der Waals surface area contributed by atoms with Gasteiger partial charge >= 0.3 is 0 Å². The lowest BCUT2D eigenvalue weighted by molar-refractivity contribution is -0.114. The standard InChI is InChI=1S/C16H15IN2O3/c1-10(20)18-14-9-13(7-8-15(14)22-2)19-16(21)11-3-5-12(17)6-4-11/h3-9H,1-2H3,(H,18,20)(H,19,21). The lowest BCUT2D eigenvalue weighted by Gasteiger charge is -2.12. The molecule has 0 fully saturated rings. The van der Waals surface area contributed by atoms with E-state index in [1.807, 2.05) is 12.1 Å². The zero-order chi connectivity index (χ0) is 16.1. The van der Waals surface area contributed by atoms with Gasteiger partial charge in [0.05, 0.1) is 12.8 Å². The summed E-state index contributed by atoms with van der Waals surface area (Å²) in [5, 5.41) is 5.46. The third kappa shape index (κ3) is 4.20. The molecule has 2 rings (SSSR count). The Labute approximate surface area is 142 Å². The van der Waals surface area contributed by atoms with Gasteiger partial charge in [-0.2, -0.15) is 0 Å². The number of rotatable bonds is 4. The molecule has 22 heavy (non-hydrogen) atoms. The topological polar surface area (TPSA) is 67.4 Å². The van der Waals surface area contributed by atoms with E-state index in [1.165, 1.54) is 14.0 Å². The fraction of sp³-hybridized carbons (Fsp3) is 0.125. The minimum absolute atomic E-state index is 0.209. The Bertz CT molecular complexity index is 699. The fourth-order valence-electron chi connectivity index (χ4n) is 1.88. The molecular formula is C16H15IN2O3. The number of halogens is 1. The van der Waals surface area contributed by atoms with E-state index in [0.717, 1.165) is 3.57 Å². The number of carbonyl (C=O) groups excluding carboxylic acids is 2. The average Bonchev–Trinajstić information content (AvgIpc) is 2.47. The van der Waals surface area contributed by atoms with Crippen molar-refractivity contribution in [3.63, 3.8) is 0 Å². The quantitative estimate of drug-likeness (QED) is 0.759. The number of nitrogens with one attached hydrogen (secondary N) is 2. The highest BCUT2D eigenvalue weighted by Gasteiger charge is 2.09. The predicted octanol–water partition coefficient (Wildman–Crippen LogP) is 3.51. The molecule has 114 valence electrons. The van der Waals surface area contributed by atoms with Gasteiger partial charge in [0.25, 0.3) is 5.91 Å². The SMILES string of the molecule is COc1ccc(NC(=O)c2ccc(I)cc2)cc1NC(C)=O. The third-order valence-corrected chi connectivity index (χ3v) is 3.59. The molecule has 2 amide bonds. The second-order valence-corrected chi connectivity index (χ2v) is 5.80. The number of methoxy groups -OCH3 is 1. The van der Waals surface area contributed by atoms with Gasteiger partial charge in [0, 0.05) is 21.7 Å². The summed E-state index contributed by atoms with van der Waals surface area (Å²) in [5.41, 5.74) is 1.65. The lowest BCUT2D eigenvalue weighted by Crippen LogP contribution is -2.13. The Hall–Kier alpha value is -2.09. The number of anilines is 2. The molecule has 0 unspecified atom stereocenters. The summed E-state index contributed by atoms with van der Waals surface area (Å²) in [5.74, 6) is 0.109. The zero-order valence-corrected chi connectivity index (χ0v) is 14.3. The van der Waals surface area contributed by atoms with Gasteiger partial charge in [-0.1, -0.05) is 0 Å². The molecule has 0 aliphatic heterocycles. The number of benzene rings is 2. The summed E-state index contributed by atoms with van der Waals surface area (Å²) in [7, 11) is 1.52. The highest BCUT2D eigenvalue weighted by Crippen LogP contribution is 2.28. The van der Waals surface area contributed by atoms with Crippen LogP contribution in [0.2, 0.25) is 0 Å². The largest absolute Gasteiger partial charge is 0.495 e. The summed E-state index contributed by atoms with van der Waals surface area (Å²) in [6, 6.07) is 12.3. The molecule has 0 aliphatic carbocycles. The van der Waals surface area contributed by atoms with E-state index in [2.05, 4.69) is 33.2 Å². The number of ether oxygens (including phenoxy) is 1. The van der Waals surface area contributed by atoms with Crippen LogP contribution in [-0.2, 0) is 4.79 Å². The van der Waals surface area contributed by atoms with Gasteiger partial charge in [-0.25, -0.2) is 0 Å². The maximum atomic E-state index is 12.2. The van der Waals surface area contributed by atoms with Crippen LogP contribution in [0.3, 0.4) is 0 Å². The molecule has 2 aromatic rings. The van der Waals surface area contributed by atoms with Crippen LogP contribution in [0, 0.1) is 3.57 Å². The molecule has 0 heterocycles. The highest BCUT2D eigenvalue weighted by atomic mass is 127. The molecule has 0 atom stereocenters. The summed E-state index contributed by atoms with van der Waals surface area (Å²) in [4.78, 5) is 23.4. The normalized spacial score (nSPS) is 9.95. The Balaban J connectivity index is 2.20. The Kier molecular flexibility index (Phi) is 5.37. The summed E-state index contributed by atoms with van der Waals surface area (Å²) in [6.45, 7) is 1.41. The van der Waals surface area contributed by atoms with Crippen molar-refractivity contribution in [1.29, 1.82) is 0 Å². The second-order valence-electron chi connectivity index (χ2n) is 4.56. The molecule has 2 N–H and O–H groups in total. The van der Waals surface area contributed by atoms with E-state index in [1.54, 1.807) is 30.3 Å². The fourth-order valence-corrected chi connectivity index (χ4v) is 2.24. The van der Waals surface area contributed by atoms with Crippen LogP contribution in [0.25, 0.3) is 0 Å². The second kappa shape index (κ2) is 7.26. The molecule has 0 aliphatic rings. The minimum atomic E-state index is -0.213. The monoisotopic (exact) mass is 410 g/mol. The van der Waals surface area contributed by atoms with Crippen LogP contribution in [0.4, 0.5) is 11.4 Å². The molecule has 5 nitrogen and oxygen atoms in total. The van der Waals surface area contributed by atoms with Gasteiger partial charge in [0.1, 0.15) is 5.75 Å². The first-order valence-corrected chi connectivity index (χ1v) is 7.60. The van der Waals surface area contributed by atoms with Gasteiger partial charge < -0.3 is 15.4 Å². The first-order valence-electron chi connectivity index (χ1n) is 6.52. The van der Waals surface area contributed by atoms with E-state index >= 15 is 0 Å². The maximum absolute atomic E-state index is 12.2. The van der Waals surface area contributed by atoms with Crippen LogP contribution >= 0.6 is 22.6 Å². The predicted molar refractivity (Wildman–Crippen MR) is 94.4 cm³/mol. The molecule has 0 saturated heterocycles. The van der Waals surface area contributed by atoms with E-state index in [9.17, 15) is 9.59 Å². The molecule has 0 saturated carbocycles. The molecule has 0 bridgehead atoms. The molecule has 0 spiro atoms. The average molecular weight is 410 g/mol. The van der Waals surface area contributed by atoms with Gasteiger partial charge in [0.2, 0.25) is 5.91 Å². The minimum Gasteiger partial charge on any atom is -0.495 e. The first kappa shape index (κ1) is 16.3. The summed E-state index contributed by atoms with van der Waals surface area (Å²) in [6.07, 6.45) is 0. The van der Waals surface area contributed by atoms with Crippen LogP contribution in [0.15, 0.2) is 42.5 Å². The Morgan fingerprint density at radius 1 is 1.05 bits per heavy atom. The van der Waals surface area contributed by atoms with Crippen molar-refractivity contribution < 1.29 is 14.3 Å². The van der Waals surface area contributed by atoms with E-state index in [-0.39, 0.29) is 11.8 Å². The molecule has 0 aromatic heterocycles. The van der Waals surface area contributed by atoms with E-state index < -0.39 is 0 Å². The summed E-state index contributed by atoms with van der Waals surface area (Å²) >= 11 is 2.18. The Morgan fingerprint density at radius 2 is 1.73 bits per heavy atom. The molecular weight excluding hydrogens is 395 g/mol. The number of amides is 2. The van der Waals surface area contributed by atoms with Crippen molar-refractivity contribution in [3.05, 3.63) is 51.6 Å². The number of carbonyl (C=O) groups is 2. The molecule has 2 aromatic carbocycles. The van der Waals surface area contributed by atoms with Crippen molar-refractivity contribution >= 4 is 45.8 Å². The van der Waals surface area contributed by atoms with Gasteiger partial charge in [0.15, 0.2) is 0 Å². The third-order valence-electron chi connectivity index (χ3n) is 2.87. The van der Waals surface area contributed by atoms with Crippen LogP contribution in [0.5, 0.6) is 5.75 Å². The van der Waals surface area contributed by atoms with Crippen LogP contribution < -0.4 is 15.4 Å². The van der Waals surface area contributed by atoms with Crippen molar-refractivity contribution in [2.45, 2.75) is 6.92 Å². The van der Waals surface area contributed by atoms with Crippen molar-refractivity contribution in [2.24, 2.45) is 0 Å². The first-order chi connectivity index (χ1) is 10.5. The van der Waals surface area contributed by atoms with Gasteiger partial charge in [-0.05, 0) is 65.1 Å². The Morgan fingerprint density at radius 3 is 2.32 bits per heavy atom. The summed E-state index contributed by atoms with van der Waals surface area (Å²) < 4.78 is 6.24. The lowest BCUT2D eigenvalue weighted by atomic mass is 10.2. The van der Waals surface area contributed by atoms with Crippen LogP contribution in [0.1, 0.15) is 17.3 Å². The molecule has 6 heteroatoms. The van der Waals surface area contributed by atoms with Gasteiger partial charge in [-0.3, -0.25) is 9.59 Å². The smallest absolute Gasteiger partial charge is 0.255 e.